The molecule has 1 unspecified atom stereocenters. The first-order chi connectivity index (χ1) is 11.0. The summed E-state index contributed by atoms with van der Waals surface area (Å²) < 4.78 is 11.5. The number of aromatic nitrogens is 1. The van der Waals surface area contributed by atoms with Crippen molar-refractivity contribution in [1.29, 1.82) is 0 Å². The van der Waals surface area contributed by atoms with Gasteiger partial charge in [0.1, 0.15) is 22.8 Å². The van der Waals surface area contributed by atoms with Crippen molar-refractivity contribution >= 4 is 33.2 Å². The van der Waals surface area contributed by atoms with Crippen LogP contribution in [-0.4, -0.2) is 17.1 Å². The molecule has 3 heterocycles. The van der Waals surface area contributed by atoms with Gasteiger partial charge in [0, 0.05) is 12.5 Å². The Balaban J connectivity index is 1.78. The molecular formula is C16H15BrN2O3S. The molecule has 3 rings (SSSR count). The highest BCUT2D eigenvalue weighted by Crippen LogP contribution is 2.33. The second-order valence-electron chi connectivity index (χ2n) is 5.22. The number of nitrogens with one attached hydrogen (secondary N) is 1. The summed E-state index contributed by atoms with van der Waals surface area (Å²) in [5.41, 5.74) is 1.05. The fourth-order valence-corrected chi connectivity index (χ4v) is 3.70. The SMILES string of the molecule is Cc1onc(-c2ccc(Br)s2)c1C(=O)NC(C)Cc1ccco1. The first-order valence-electron chi connectivity index (χ1n) is 7.10. The first-order valence-corrected chi connectivity index (χ1v) is 8.70. The fourth-order valence-electron chi connectivity index (χ4n) is 2.33. The lowest BCUT2D eigenvalue weighted by molar-refractivity contribution is 0.0938. The molecule has 0 saturated heterocycles. The molecule has 3 aromatic rings. The lowest BCUT2D eigenvalue weighted by atomic mass is 10.1. The number of amides is 1. The van der Waals surface area contributed by atoms with E-state index in [-0.39, 0.29) is 11.9 Å². The first kappa shape index (κ1) is 16.0. The van der Waals surface area contributed by atoms with E-state index in [1.54, 1.807) is 13.2 Å². The molecule has 23 heavy (non-hydrogen) atoms. The van der Waals surface area contributed by atoms with Crippen molar-refractivity contribution in [3.8, 4) is 10.6 Å². The highest BCUT2D eigenvalue weighted by atomic mass is 79.9. The molecule has 0 aliphatic carbocycles. The van der Waals surface area contributed by atoms with Crippen LogP contribution in [0.2, 0.25) is 0 Å². The summed E-state index contributed by atoms with van der Waals surface area (Å²) in [4.78, 5) is 13.5. The van der Waals surface area contributed by atoms with Gasteiger partial charge in [-0.3, -0.25) is 4.79 Å². The van der Waals surface area contributed by atoms with Gasteiger partial charge >= 0.3 is 0 Å². The van der Waals surface area contributed by atoms with Crippen LogP contribution in [0, 0.1) is 6.92 Å². The number of thiophene rings is 1. The van der Waals surface area contributed by atoms with Crippen molar-refractivity contribution < 1.29 is 13.7 Å². The number of halogens is 1. The van der Waals surface area contributed by atoms with Gasteiger partial charge in [-0.15, -0.1) is 11.3 Å². The predicted octanol–water partition coefficient (Wildman–Crippen LogP) is 4.43. The van der Waals surface area contributed by atoms with Crippen LogP contribution in [0.25, 0.3) is 10.6 Å². The van der Waals surface area contributed by atoms with E-state index in [0.29, 0.717) is 23.4 Å². The minimum Gasteiger partial charge on any atom is -0.469 e. The number of hydrogen-bond donors (Lipinski definition) is 1. The van der Waals surface area contributed by atoms with Crippen LogP contribution in [0.15, 0.2) is 43.3 Å². The van der Waals surface area contributed by atoms with Gasteiger partial charge in [0.05, 0.1) is 14.9 Å². The zero-order chi connectivity index (χ0) is 16.4. The minimum atomic E-state index is -0.192. The van der Waals surface area contributed by atoms with Crippen molar-refractivity contribution in [2.24, 2.45) is 0 Å². The second-order valence-corrected chi connectivity index (χ2v) is 7.69. The standard InChI is InChI=1S/C16H15BrN2O3S/c1-9(8-11-4-3-7-21-11)18-16(20)14-10(2)22-19-15(14)12-5-6-13(17)23-12/h3-7,9H,8H2,1-2H3,(H,18,20). The van der Waals surface area contributed by atoms with E-state index in [1.807, 2.05) is 31.2 Å². The zero-order valence-corrected chi connectivity index (χ0v) is 15.0. The van der Waals surface area contributed by atoms with Gasteiger partial charge in [-0.25, -0.2) is 0 Å². The Morgan fingerprint density at radius 2 is 2.26 bits per heavy atom. The summed E-state index contributed by atoms with van der Waals surface area (Å²) >= 11 is 4.93. The van der Waals surface area contributed by atoms with Crippen LogP contribution >= 0.6 is 27.3 Å². The molecule has 0 radical (unpaired) electrons. The van der Waals surface area contributed by atoms with Gasteiger partial charge in [0.25, 0.3) is 5.91 Å². The molecule has 5 nitrogen and oxygen atoms in total. The molecule has 1 amide bonds. The largest absolute Gasteiger partial charge is 0.469 e. The Bertz CT molecular complexity index is 807. The molecule has 7 heteroatoms. The Labute approximate surface area is 145 Å². The maximum Gasteiger partial charge on any atom is 0.257 e. The summed E-state index contributed by atoms with van der Waals surface area (Å²) in [6, 6.07) is 7.49. The lowest BCUT2D eigenvalue weighted by Gasteiger charge is -2.12. The van der Waals surface area contributed by atoms with Crippen molar-refractivity contribution in [3.05, 3.63) is 51.4 Å². The third-order valence-corrected chi connectivity index (χ3v) is 4.99. The van der Waals surface area contributed by atoms with Gasteiger partial charge in [-0.1, -0.05) is 5.16 Å². The Hall–Kier alpha value is -1.86. The van der Waals surface area contributed by atoms with E-state index >= 15 is 0 Å². The van der Waals surface area contributed by atoms with E-state index in [9.17, 15) is 4.79 Å². The Morgan fingerprint density at radius 1 is 1.43 bits per heavy atom. The average Bonchev–Trinajstić information content (AvgIpc) is 3.20. The summed E-state index contributed by atoms with van der Waals surface area (Å²) in [6.07, 6.45) is 2.25. The third-order valence-electron chi connectivity index (χ3n) is 3.36. The van der Waals surface area contributed by atoms with Crippen molar-refractivity contribution in [2.75, 3.05) is 0 Å². The number of nitrogens with zero attached hydrogens (tertiary/aromatic N) is 1. The van der Waals surface area contributed by atoms with E-state index in [4.69, 9.17) is 8.94 Å². The minimum absolute atomic E-state index is 0.0640. The van der Waals surface area contributed by atoms with Crippen molar-refractivity contribution in [2.45, 2.75) is 26.3 Å². The van der Waals surface area contributed by atoms with E-state index in [0.717, 1.165) is 14.4 Å². The zero-order valence-electron chi connectivity index (χ0n) is 12.6. The second kappa shape index (κ2) is 6.72. The molecule has 0 aromatic carbocycles. The molecule has 0 bridgehead atoms. The molecule has 120 valence electrons. The Morgan fingerprint density at radius 3 is 2.91 bits per heavy atom. The monoisotopic (exact) mass is 394 g/mol. The number of rotatable bonds is 5. The molecule has 0 aliphatic heterocycles. The molecule has 0 aliphatic rings. The number of furan rings is 1. The summed E-state index contributed by atoms with van der Waals surface area (Å²) in [6.45, 7) is 3.68. The smallest absolute Gasteiger partial charge is 0.257 e. The molecule has 1 N–H and O–H groups in total. The Kier molecular flexibility index (Phi) is 4.68. The van der Waals surface area contributed by atoms with Gasteiger partial charge in [-0.05, 0) is 54.0 Å². The number of carbonyl (C=O) groups is 1. The van der Waals surface area contributed by atoms with Crippen molar-refractivity contribution in [3.63, 3.8) is 0 Å². The predicted molar refractivity (Wildman–Crippen MR) is 91.6 cm³/mol. The summed E-state index contributed by atoms with van der Waals surface area (Å²) in [5.74, 6) is 1.15. The van der Waals surface area contributed by atoms with Gasteiger partial charge in [0.2, 0.25) is 0 Å². The van der Waals surface area contributed by atoms with Gasteiger partial charge in [0.15, 0.2) is 0 Å². The molecule has 0 saturated carbocycles. The summed E-state index contributed by atoms with van der Waals surface area (Å²) in [7, 11) is 0. The average molecular weight is 395 g/mol. The molecule has 0 spiro atoms. The highest BCUT2D eigenvalue weighted by Gasteiger charge is 2.23. The van der Waals surface area contributed by atoms with E-state index in [1.165, 1.54) is 11.3 Å². The van der Waals surface area contributed by atoms with Crippen LogP contribution < -0.4 is 5.32 Å². The molecule has 1 atom stereocenters. The van der Waals surface area contributed by atoms with Crippen molar-refractivity contribution in [1.82, 2.24) is 10.5 Å². The van der Waals surface area contributed by atoms with Crippen LogP contribution in [0.3, 0.4) is 0 Å². The maximum atomic E-state index is 12.6. The van der Waals surface area contributed by atoms with E-state index in [2.05, 4.69) is 26.4 Å². The number of hydrogen-bond acceptors (Lipinski definition) is 5. The van der Waals surface area contributed by atoms with Crippen LogP contribution in [0.4, 0.5) is 0 Å². The molecule has 0 fully saturated rings. The number of carbonyl (C=O) groups excluding carboxylic acids is 1. The molecular weight excluding hydrogens is 380 g/mol. The van der Waals surface area contributed by atoms with Gasteiger partial charge in [-0.2, -0.15) is 0 Å². The maximum absolute atomic E-state index is 12.6. The lowest BCUT2D eigenvalue weighted by Crippen LogP contribution is -2.34. The van der Waals surface area contributed by atoms with Crippen LogP contribution in [-0.2, 0) is 6.42 Å². The highest BCUT2D eigenvalue weighted by molar-refractivity contribution is 9.11. The number of aryl methyl sites for hydroxylation is 1. The van der Waals surface area contributed by atoms with E-state index < -0.39 is 0 Å². The van der Waals surface area contributed by atoms with Crippen LogP contribution in [0.1, 0.15) is 28.8 Å². The quantitative estimate of drug-likeness (QED) is 0.694. The fraction of sp³-hybridized carbons (Fsp3) is 0.250. The van der Waals surface area contributed by atoms with Crippen LogP contribution in [0.5, 0.6) is 0 Å². The van der Waals surface area contributed by atoms with Gasteiger partial charge < -0.3 is 14.3 Å². The topological polar surface area (TPSA) is 68.3 Å². The normalized spacial score (nSPS) is 12.3. The molecule has 3 aromatic heterocycles. The summed E-state index contributed by atoms with van der Waals surface area (Å²) in [5, 5.41) is 7.01. The third kappa shape index (κ3) is 3.56.